The summed E-state index contributed by atoms with van der Waals surface area (Å²) in [5.41, 5.74) is -0.694. The third-order valence-electron chi connectivity index (χ3n) is 0.0845. The molecule has 0 aliphatic rings. The van der Waals surface area contributed by atoms with Gasteiger partial charge in [-0.3, -0.25) is 0 Å². The standard InChI is InChI=1S/2C2H5ClO/c1-2(3)4;3-1-2-4/h2,4H,1H3;4H,1-2H2. The first kappa shape index (κ1) is 11.3. The summed E-state index contributed by atoms with van der Waals surface area (Å²) in [5.74, 6) is 0.347. The Morgan fingerprint density at radius 1 is 1.62 bits per heavy atom. The molecule has 0 aliphatic heterocycles. The Bertz CT molecular complexity index is 28.5. The Morgan fingerprint density at radius 3 is 1.75 bits per heavy atom. The molecule has 8 heavy (non-hydrogen) atoms. The van der Waals surface area contributed by atoms with Crippen molar-refractivity contribution in [1.82, 2.24) is 0 Å². The van der Waals surface area contributed by atoms with E-state index < -0.39 is 5.56 Å². The molecule has 0 aromatic heterocycles. The van der Waals surface area contributed by atoms with Gasteiger partial charge in [0.25, 0.3) is 0 Å². The minimum absolute atomic E-state index is 0.0849. The third kappa shape index (κ3) is 87.4. The lowest BCUT2D eigenvalue weighted by molar-refractivity contribution is 0.277. The van der Waals surface area contributed by atoms with Gasteiger partial charge in [-0.15, -0.1) is 11.6 Å². The summed E-state index contributed by atoms with van der Waals surface area (Å²) >= 11 is 9.77. The summed E-state index contributed by atoms with van der Waals surface area (Å²) in [6.45, 7) is 1.57. The molecule has 2 nitrogen and oxygen atoms in total. The summed E-state index contributed by atoms with van der Waals surface area (Å²) in [6, 6.07) is 0. The van der Waals surface area contributed by atoms with Gasteiger partial charge >= 0.3 is 0 Å². The summed E-state index contributed by atoms with van der Waals surface area (Å²) in [4.78, 5) is 0. The molecule has 0 bridgehead atoms. The number of halogens is 2. The number of aliphatic hydroxyl groups excluding tert-OH is 2. The first-order valence-electron chi connectivity index (χ1n) is 2.14. The van der Waals surface area contributed by atoms with E-state index in [9.17, 15) is 0 Å². The van der Waals surface area contributed by atoms with E-state index in [-0.39, 0.29) is 6.61 Å². The Balaban J connectivity index is 0. The predicted octanol–water partition coefficient (Wildman–Crippen LogP) is 0.781. The molecule has 4 heteroatoms. The highest BCUT2D eigenvalue weighted by molar-refractivity contribution is 6.19. The van der Waals surface area contributed by atoms with Crippen molar-refractivity contribution in [3.05, 3.63) is 0 Å². The normalized spacial score (nSPS) is 11.6. The molecular formula is C4H10Cl2O2. The van der Waals surface area contributed by atoms with Crippen LogP contribution >= 0.6 is 23.2 Å². The van der Waals surface area contributed by atoms with Crippen LogP contribution in [0.4, 0.5) is 0 Å². The lowest BCUT2D eigenvalue weighted by Crippen LogP contribution is -1.79. The monoisotopic (exact) mass is 160 g/mol. The maximum Gasteiger partial charge on any atom is 0.125 e. The Morgan fingerprint density at radius 2 is 1.75 bits per heavy atom. The predicted molar refractivity (Wildman–Crippen MR) is 35.3 cm³/mol. The van der Waals surface area contributed by atoms with Crippen LogP contribution in [0.2, 0.25) is 0 Å². The minimum Gasteiger partial charge on any atom is -0.395 e. The van der Waals surface area contributed by atoms with E-state index in [1.807, 2.05) is 0 Å². The lowest BCUT2D eigenvalue weighted by atomic mass is 10.9. The summed E-state index contributed by atoms with van der Waals surface area (Å²) < 4.78 is 0. The Labute approximate surface area is 59.0 Å². The molecule has 52 valence electrons. The van der Waals surface area contributed by atoms with E-state index in [0.717, 1.165) is 0 Å². The molecule has 1 unspecified atom stereocenters. The zero-order chi connectivity index (χ0) is 6.99. The van der Waals surface area contributed by atoms with Crippen molar-refractivity contribution >= 4 is 23.2 Å². The quantitative estimate of drug-likeness (QED) is 0.558. The van der Waals surface area contributed by atoms with Gasteiger partial charge in [0.05, 0.1) is 6.61 Å². The van der Waals surface area contributed by atoms with Gasteiger partial charge in [-0.2, -0.15) is 0 Å². The average Bonchev–Trinajstić information content (AvgIpc) is 1.65. The Hall–Kier alpha value is 0.500. The van der Waals surface area contributed by atoms with Crippen LogP contribution in [-0.2, 0) is 0 Å². The van der Waals surface area contributed by atoms with Crippen LogP contribution in [0, 0.1) is 0 Å². The number of rotatable bonds is 1. The zero-order valence-corrected chi connectivity index (χ0v) is 6.15. The molecule has 1 atom stereocenters. The number of alkyl halides is 2. The van der Waals surface area contributed by atoms with Crippen molar-refractivity contribution in [3.63, 3.8) is 0 Å². The second-order valence-electron chi connectivity index (χ2n) is 0.987. The molecule has 0 aromatic carbocycles. The fraction of sp³-hybridized carbons (Fsp3) is 1.00. The molecule has 0 rings (SSSR count). The second kappa shape index (κ2) is 10.5. The van der Waals surface area contributed by atoms with Crippen molar-refractivity contribution < 1.29 is 10.2 Å². The highest BCUT2D eigenvalue weighted by Crippen LogP contribution is 1.79. The van der Waals surface area contributed by atoms with E-state index in [1.165, 1.54) is 6.92 Å². The van der Waals surface area contributed by atoms with Gasteiger partial charge < -0.3 is 10.2 Å². The fourth-order valence-electron chi connectivity index (χ4n) is 0. The average molecular weight is 161 g/mol. The molecule has 0 heterocycles. The zero-order valence-electron chi connectivity index (χ0n) is 4.64. The first-order chi connectivity index (χ1) is 3.65. The minimum atomic E-state index is -0.694. The van der Waals surface area contributed by atoms with Crippen molar-refractivity contribution in [3.8, 4) is 0 Å². The van der Waals surface area contributed by atoms with Gasteiger partial charge in [0.1, 0.15) is 5.56 Å². The smallest absolute Gasteiger partial charge is 0.125 e. The van der Waals surface area contributed by atoms with E-state index in [4.69, 9.17) is 33.4 Å². The van der Waals surface area contributed by atoms with Crippen LogP contribution in [0.15, 0.2) is 0 Å². The summed E-state index contributed by atoms with van der Waals surface area (Å²) in [5, 5.41) is 15.6. The number of hydrogen-bond acceptors (Lipinski definition) is 2. The van der Waals surface area contributed by atoms with Crippen molar-refractivity contribution in [2.75, 3.05) is 12.5 Å². The van der Waals surface area contributed by atoms with Crippen LogP contribution in [0.25, 0.3) is 0 Å². The highest BCUT2D eigenvalue weighted by Gasteiger charge is 1.72. The molecule has 0 saturated heterocycles. The summed E-state index contributed by atoms with van der Waals surface area (Å²) in [6.07, 6.45) is 0. The van der Waals surface area contributed by atoms with Crippen LogP contribution < -0.4 is 0 Å². The molecule has 0 fully saturated rings. The van der Waals surface area contributed by atoms with Crippen LogP contribution in [-0.4, -0.2) is 28.3 Å². The Kier molecular flexibility index (Phi) is 14.8. The fourth-order valence-corrected chi connectivity index (χ4v) is 0. The van der Waals surface area contributed by atoms with Gasteiger partial charge in [0.2, 0.25) is 0 Å². The van der Waals surface area contributed by atoms with Crippen molar-refractivity contribution in [2.24, 2.45) is 0 Å². The largest absolute Gasteiger partial charge is 0.395 e. The van der Waals surface area contributed by atoms with E-state index in [1.54, 1.807) is 0 Å². The van der Waals surface area contributed by atoms with E-state index in [2.05, 4.69) is 0 Å². The summed E-state index contributed by atoms with van der Waals surface area (Å²) in [7, 11) is 0. The molecule has 0 aliphatic carbocycles. The second-order valence-corrected chi connectivity index (χ2v) is 2.00. The SMILES string of the molecule is CC(O)Cl.OCCCl. The van der Waals surface area contributed by atoms with Crippen LogP contribution in [0.1, 0.15) is 6.92 Å². The molecule has 0 saturated carbocycles. The molecular weight excluding hydrogens is 151 g/mol. The highest BCUT2D eigenvalue weighted by atomic mass is 35.5. The van der Waals surface area contributed by atoms with E-state index in [0.29, 0.717) is 5.88 Å². The number of aliphatic hydroxyl groups is 2. The topological polar surface area (TPSA) is 40.5 Å². The van der Waals surface area contributed by atoms with Crippen LogP contribution in [0.3, 0.4) is 0 Å². The van der Waals surface area contributed by atoms with Gasteiger partial charge in [-0.25, -0.2) is 0 Å². The van der Waals surface area contributed by atoms with E-state index >= 15 is 0 Å². The molecule has 0 radical (unpaired) electrons. The van der Waals surface area contributed by atoms with Crippen molar-refractivity contribution in [2.45, 2.75) is 12.5 Å². The number of hydrogen-bond donors (Lipinski definition) is 2. The van der Waals surface area contributed by atoms with Gasteiger partial charge in [-0.05, 0) is 6.92 Å². The van der Waals surface area contributed by atoms with Crippen LogP contribution in [0.5, 0.6) is 0 Å². The first-order valence-corrected chi connectivity index (χ1v) is 3.11. The lowest BCUT2D eigenvalue weighted by Gasteiger charge is -1.77. The molecule has 0 spiro atoms. The van der Waals surface area contributed by atoms with Gasteiger partial charge in [0, 0.05) is 5.88 Å². The third-order valence-corrected chi connectivity index (χ3v) is 0.254. The molecule has 2 N–H and O–H groups in total. The van der Waals surface area contributed by atoms with Gasteiger partial charge in [0.15, 0.2) is 0 Å². The molecule has 0 aromatic rings. The van der Waals surface area contributed by atoms with Crippen molar-refractivity contribution in [1.29, 1.82) is 0 Å². The van der Waals surface area contributed by atoms with Gasteiger partial charge in [-0.1, -0.05) is 11.6 Å². The maximum atomic E-state index is 7.82. The molecule has 0 amide bonds. The maximum absolute atomic E-state index is 7.82.